The van der Waals surface area contributed by atoms with E-state index < -0.39 is 0 Å². The summed E-state index contributed by atoms with van der Waals surface area (Å²) < 4.78 is 11.3. The van der Waals surface area contributed by atoms with Crippen LogP contribution in [0.15, 0.2) is 24.3 Å². The van der Waals surface area contributed by atoms with E-state index in [9.17, 15) is 4.79 Å². The average Bonchev–Trinajstić information content (AvgIpc) is 2.31. The molecule has 0 unspecified atom stereocenters. The second-order valence-electron chi connectivity index (χ2n) is 3.34. The van der Waals surface area contributed by atoms with Crippen molar-refractivity contribution in [3.05, 3.63) is 27.8 Å². The Balaban J connectivity index is 2.11. The smallest absolute Gasteiger partial charge is 0.305 e. The van der Waals surface area contributed by atoms with Gasteiger partial charge in [-0.1, -0.05) is 0 Å². The molecule has 1 aromatic carbocycles. The minimum atomic E-state index is -0.158. The van der Waals surface area contributed by atoms with Crippen LogP contribution in [0.5, 0.6) is 5.75 Å². The standard InChI is InChI=1S/C12H15IO3/c1-15-12(14)4-2-3-9-16-11-7-5-10(13)6-8-11/h5-8H,2-4,9H2,1H3. The molecule has 16 heavy (non-hydrogen) atoms. The summed E-state index contributed by atoms with van der Waals surface area (Å²) >= 11 is 2.25. The van der Waals surface area contributed by atoms with Gasteiger partial charge in [-0.15, -0.1) is 0 Å². The largest absolute Gasteiger partial charge is 0.494 e. The Hall–Kier alpha value is -0.780. The number of halogens is 1. The van der Waals surface area contributed by atoms with E-state index in [0.717, 1.165) is 18.6 Å². The number of benzene rings is 1. The second-order valence-corrected chi connectivity index (χ2v) is 4.58. The zero-order chi connectivity index (χ0) is 11.8. The highest BCUT2D eigenvalue weighted by atomic mass is 127. The van der Waals surface area contributed by atoms with E-state index in [4.69, 9.17) is 4.74 Å². The topological polar surface area (TPSA) is 35.5 Å². The van der Waals surface area contributed by atoms with Crippen molar-refractivity contribution >= 4 is 28.6 Å². The highest BCUT2D eigenvalue weighted by molar-refractivity contribution is 14.1. The summed E-state index contributed by atoms with van der Waals surface area (Å²) in [5.74, 6) is 0.716. The first-order valence-electron chi connectivity index (χ1n) is 5.17. The minimum Gasteiger partial charge on any atom is -0.494 e. The predicted octanol–water partition coefficient (Wildman–Crippen LogP) is 3.01. The summed E-state index contributed by atoms with van der Waals surface area (Å²) in [4.78, 5) is 10.8. The molecule has 4 heteroatoms. The molecule has 0 aliphatic heterocycles. The quantitative estimate of drug-likeness (QED) is 0.456. The maximum absolute atomic E-state index is 10.8. The van der Waals surface area contributed by atoms with Crippen molar-refractivity contribution < 1.29 is 14.3 Å². The monoisotopic (exact) mass is 334 g/mol. The van der Waals surface area contributed by atoms with E-state index >= 15 is 0 Å². The van der Waals surface area contributed by atoms with Gasteiger partial charge < -0.3 is 9.47 Å². The van der Waals surface area contributed by atoms with Crippen molar-refractivity contribution in [3.8, 4) is 5.75 Å². The van der Waals surface area contributed by atoms with Gasteiger partial charge in [0.1, 0.15) is 5.75 Å². The summed E-state index contributed by atoms with van der Waals surface area (Å²) in [5.41, 5.74) is 0. The average molecular weight is 334 g/mol. The Morgan fingerprint density at radius 1 is 1.25 bits per heavy atom. The third kappa shape index (κ3) is 5.34. The van der Waals surface area contributed by atoms with E-state index in [1.54, 1.807) is 0 Å². The molecule has 0 saturated carbocycles. The number of hydrogen-bond donors (Lipinski definition) is 0. The van der Waals surface area contributed by atoms with E-state index in [1.807, 2.05) is 24.3 Å². The van der Waals surface area contributed by atoms with Gasteiger partial charge in [0.15, 0.2) is 0 Å². The van der Waals surface area contributed by atoms with Crippen molar-refractivity contribution in [1.82, 2.24) is 0 Å². The van der Waals surface area contributed by atoms with Crippen molar-refractivity contribution in [1.29, 1.82) is 0 Å². The molecule has 88 valence electrons. The van der Waals surface area contributed by atoms with Gasteiger partial charge in [-0.3, -0.25) is 4.79 Å². The molecule has 1 aromatic rings. The number of hydrogen-bond acceptors (Lipinski definition) is 3. The van der Waals surface area contributed by atoms with Crippen LogP contribution in [-0.2, 0) is 9.53 Å². The third-order valence-corrected chi connectivity index (χ3v) is 2.80. The summed E-state index contributed by atoms with van der Waals surface area (Å²) in [5, 5.41) is 0. The van der Waals surface area contributed by atoms with Crippen LogP contribution in [0.25, 0.3) is 0 Å². The normalized spacial score (nSPS) is 9.88. The number of ether oxygens (including phenoxy) is 2. The van der Waals surface area contributed by atoms with Crippen LogP contribution in [0.4, 0.5) is 0 Å². The minimum absolute atomic E-state index is 0.158. The summed E-state index contributed by atoms with van der Waals surface area (Å²) in [6.07, 6.45) is 2.13. The maximum atomic E-state index is 10.8. The number of carbonyl (C=O) groups excluding carboxylic acids is 1. The zero-order valence-corrected chi connectivity index (χ0v) is 11.4. The Kier molecular flexibility index (Phi) is 6.22. The second kappa shape index (κ2) is 7.49. The van der Waals surface area contributed by atoms with Crippen LogP contribution in [-0.4, -0.2) is 19.7 Å². The van der Waals surface area contributed by atoms with Crippen LogP contribution >= 0.6 is 22.6 Å². The SMILES string of the molecule is COC(=O)CCCCOc1ccc(I)cc1. The Bertz CT molecular complexity index is 322. The van der Waals surface area contributed by atoms with E-state index in [1.165, 1.54) is 10.7 Å². The molecular weight excluding hydrogens is 319 g/mol. The lowest BCUT2D eigenvalue weighted by Gasteiger charge is -2.05. The fourth-order valence-corrected chi connectivity index (χ4v) is 1.55. The first-order chi connectivity index (χ1) is 7.72. The fraction of sp³-hybridized carbons (Fsp3) is 0.417. The van der Waals surface area contributed by atoms with E-state index in [2.05, 4.69) is 27.3 Å². The number of esters is 1. The lowest BCUT2D eigenvalue weighted by molar-refractivity contribution is -0.140. The third-order valence-electron chi connectivity index (χ3n) is 2.09. The Morgan fingerprint density at radius 2 is 1.94 bits per heavy atom. The molecule has 0 aromatic heterocycles. The van der Waals surface area contributed by atoms with Crippen LogP contribution in [0.1, 0.15) is 19.3 Å². The van der Waals surface area contributed by atoms with E-state index in [-0.39, 0.29) is 5.97 Å². The molecule has 0 radical (unpaired) electrons. The Labute approximate surface area is 109 Å². The first kappa shape index (κ1) is 13.3. The Morgan fingerprint density at radius 3 is 2.56 bits per heavy atom. The molecule has 0 aliphatic carbocycles. The van der Waals surface area contributed by atoms with Crippen molar-refractivity contribution in [2.45, 2.75) is 19.3 Å². The van der Waals surface area contributed by atoms with Gasteiger partial charge in [0.25, 0.3) is 0 Å². The molecule has 0 amide bonds. The number of unbranched alkanes of at least 4 members (excludes halogenated alkanes) is 1. The van der Waals surface area contributed by atoms with Crippen LogP contribution in [0.2, 0.25) is 0 Å². The van der Waals surface area contributed by atoms with Gasteiger partial charge in [-0.2, -0.15) is 0 Å². The molecule has 0 atom stereocenters. The predicted molar refractivity (Wildman–Crippen MR) is 70.5 cm³/mol. The molecule has 0 saturated heterocycles. The molecule has 0 N–H and O–H groups in total. The van der Waals surface area contributed by atoms with Gasteiger partial charge in [0, 0.05) is 9.99 Å². The molecule has 0 bridgehead atoms. The number of carbonyl (C=O) groups is 1. The summed E-state index contributed by atoms with van der Waals surface area (Å²) in [7, 11) is 1.41. The highest BCUT2D eigenvalue weighted by Gasteiger charge is 1.99. The summed E-state index contributed by atoms with van der Waals surface area (Å²) in [6.45, 7) is 0.636. The molecule has 0 spiro atoms. The van der Waals surface area contributed by atoms with Gasteiger partial charge in [0.05, 0.1) is 13.7 Å². The van der Waals surface area contributed by atoms with Crippen molar-refractivity contribution in [3.63, 3.8) is 0 Å². The van der Waals surface area contributed by atoms with Gasteiger partial charge in [0.2, 0.25) is 0 Å². The van der Waals surface area contributed by atoms with Crippen molar-refractivity contribution in [2.24, 2.45) is 0 Å². The molecule has 1 rings (SSSR count). The number of methoxy groups -OCH3 is 1. The zero-order valence-electron chi connectivity index (χ0n) is 9.24. The van der Waals surface area contributed by atoms with Crippen LogP contribution in [0, 0.1) is 3.57 Å². The lowest BCUT2D eigenvalue weighted by Crippen LogP contribution is -2.02. The van der Waals surface area contributed by atoms with Gasteiger partial charge >= 0.3 is 5.97 Å². The maximum Gasteiger partial charge on any atom is 0.305 e. The molecule has 3 nitrogen and oxygen atoms in total. The lowest BCUT2D eigenvalue weighted by atomic mass is 10.2. The fourth-order valence-electron chi connectivity index (χ4n) is 1.19. The molecule has 0 aliphatic rings. The van der Waals surface area contributed by atoms with Crippen LogP contribution in [0.3, 0.4) is 0 Å². The number of rotatable bonds is 6. The van der Waals surface area contributed by atoms with Gasteiger partial charge in [-0.05, 0) is 59.7 Å². The van der Waals surface area contributed by atoms with Gasteiger partial charge in [-0.25, -0.2) is 0 Å². The highest BCUT2D eigenvalue weighted by Crippen LogP contribution is 2.13. The van der Waals surface area contributed by atoms with Crippen LogP contribution < -0.4 is 4.74 Å². The van der Waals surface area contributed by atoms with Crippen molar-refractivity contribution in [2.75, 3.05) is 13.7 Å². The first-order valence-corrected chi connectivity index (χ1v) is 6.25. The molecule has 0 fully saturated rings. The van der Waals surface area contributed by atoms with E-state index in [0.29, 0.717) is 13.0 Å². The summed E-state index contributed by atoms with van der Waals surface area (Å²) in [6, 6.07) is 7.90. The molecule has 0 heterocycles. The molecular formula is C12H15IO3.